The van der Waals surface area contributed by atoms with Gasteiger partial charge in [0.05, 0.1) is 0 Å². The van der Waals surface area contributed by atoms with E-state index >= 15 is 0 Å². The van der Waals surface area contributed by atoms with Crippen LogP contribution in [-0.4, -0.2) is 22.9 Å². The molecule has 0 saturated carbocycles. The third kappa shape index (κ3) is 2.81. The van der Waals surface area contributed by atoms with E-state index in [1.54, 1.807) is 31.2 Å². The molecule has 0 saturated heterocycles. The summed E-state index contributed by atoms with van der Waals surface area (Å²) >= 11 is 3.12. The Bertz CT molecular complexity index is 482. The van der Waals surface area contributed by atoms with Crippen molar-refractivity contribution in [3.63, 3.8) is 0 Å². The summed E-state index contributed by atoms with van der Waals surface area (Å²) in [6, 6.07) is 6.48. The van der Waals surface area contributed by atoms with E-state index in [1.165, 1.54) is 6.92 Å². The number of hydrogen-bond acceptors (Lipinski definition) is 4. The second kappa shape index (κ2) is 4.96. The number of alkyl halides is 1. The summed E-state index contributed by atoms with van der Waals surface area (Å²) in [7, 11) is -3.42. The van der Waals surface area contributed by atoms with Crippen molar-refractivity contribution in [2.45, 2.75) is 23.6 Å². The van der Waals surface area contributed by atoms with Gasteiger partial charge in [0.1, 0.15) is 6.10 Å². The molecule has 6 heteroatoms. The van der Waals surface area contributed by atoms with Crippen LogP contribution in [0.3, 0.4) is 0 Å². The Balaban J connectivity index is 3.12. The molecule has 0 aliphatic carbocycles. The molecule has 0 aliphatic heterocycles. The van der Waals surface area contributed by atoms with Crippen LogP contribution in [0.25, 0.3) is 0 Å². The van der Waals surface area contributed by atoms with Crippen molar-refractivity contribution < 1.29 is 13.5 Å². The van der Waals surface area contributed by atoms with Gasteiger partial charge in [0.25, 0.3) is 0 Å². The second-order valence-corrected chi connectivity index (χ2v) is 8.79. The van der Waals surface area contributed by atoms with Crippen molar-refractivity contribution in [3.05, 3.63) is 29.8 Å². The molecule has 0 fully saturated rings. The lowest BCUT2D eigenvalue weighted by Gasteiger charge is -2.28. The summed E-state index contributed by atoms with van der Waals surface area (Å²) in [5.41, 5.74) is 6.61. The summed E-state index contributed by atoms with van der Waals surface area (Å²) in [6.07, 6.45) is -1.15. The van der Waals surface area contributed by atoms with Crippen molar-refractivity contribution in [1.82, 2.24) is 0 Å². The van der Waals surface area contributed by atoms with Gasteiger partial charge in [0, 0.05) is 11.4 Å². The molecule has 17 heavy (non-hydrogen) atoms. The van der Waals surface area contributed by atoms with Crippen LogP contribution in [0, 0.1) is 0 Å². The molecule has 0 aromatic heterocycles. The monoisotopic (exact) mass is 321 g/mol. The lowest BCUT2D eigenvalue weighted by Crippen LogP contribution is -2.36. The van der Waals surface area contributed by atoms with Gasteiger partial charge in [-0.2, -0.15) is 0 Å². The van der Waals surface area contributed by atoms with Gasteiger partial charge >= 0.3 is 0 Å². The molecular weight excluding hydrogens is 306 g/mol. The Hall–Kier alpha value is -0.590. The predicted octanol–water partition coefficient (Wildman–Crippen LogP) is 1.85. The fourth-order valence-corrected chi connectivity index (χ4v) is 3.42. The van der Waals surface area contributed by atoms with Crippen LogP contribution < -0.4 is 5.73 Å². The van der Waals surface area contributed by atoms with Gasteiger partial charge in [-0.1, -0.05) is 35.0 Å². The Morgan fingerprint density at radius 3 is 2.29 bits per heavy atom. The first kappa shape index (κ1) is 14.5. The highest BCUT2D eigenvalue weighted by molar-refractivity contribution is 9.11. The Morgan fingerprint density at radius 2 is 1.88 bits per heavy atom. The first-order valence-corrected chi connectivity index (χ1v) is 7.61. The van der Waals surface area contributed by atoms with Crippen LogP contribution in [0.4, 0.5) is 5.69 Å². The largest absolute Gasteiger partial charge is 0.399 e. The van der Waals surface area contributed by atoms with Gasteiger partial charge < -0.3 is 10.8 Å². The second-order valence-electron chi connectivity index (χ2n) is 3.96. The quantitative estimate of drug-likeness (QED) is 0.655. The molecule has 0 bridgehead atoms. The minimum absolute atomic E-state index is 0.0409. The third-order valence-electron chi connectivity index (χ3n) is 2.73. The maximum Gasteiger partial charge on any atom is 0.168 e. The number of nitrogens with two attached hydrogens (primary N) is 1. The summed E-state index contributed by atoms with van der Waals surface area (Å²) in [4.78, 5) is 0. The molecule has 96 valence electrons. The van der Waals surface area contributed by atoms with Crippen LogP contribution in [0.2, 0.25) is 0 Å². The molecule has 1 aromatic rings. The highest BCUT2D eigenvalue weighted by Gasteiger charge is 2.42. The van der Waals surface area contributed by atoms with Crippen LogP contribution in [0.15, 0.2) is 24.3 Å². The number of sulfone groups is 1. The summed E-state index contributed by atoms with van der Waals surface area (Å²) < 4.78 is 22.3. The zero-order valence-corrected chi connectivity index (χ0v) is 12.1. The molecule has 0 radical (unpaired) electrons. The number of aliphatic hydroxyl groups excluding tert-OH is 1. The molecule has 0 amide bonds. The van der Waals surface area contributed by atoms with E-state index in [1.807, 2.05) is 0 Å². The van der Waals surface area contributed by atoms with Gasteiger partial charge in [-0.25, -0.2) is 8.42 Å². The van der Waals surface area contributed by atoms with Crippen molar-refractivity contribution in [3.8, 4) is 0 Å². The number of rotatable bonds is 4. The first-order chi connectivity index (χ1) is 7.72. The molecule has 1 rings (SSSR count). The van der Waals surface area contributed by atoms with Gasteiger partial charge in [0.15, 0.2) is 13.5 Å². The zero-order chi connectivity index (χ0) is 13.3. The maximum atomic E-state index is 11.9. The van der Waals surface area contributed by atoms with E-state index in [4.69, 9.17) is 5.73 Å². The summed E-state index contributed by atoms with van der Waals surface area (Å²) in [6.45, 7) is 3.00. The normalized spacial score (nSPS) is 17.4. The highest BCUT2D eigenvalue weighted by atomic mass is 79.9. The van der Waals surface area contributed by atoms with Gasteiger partial charge in [-0.05, 0) is 24.6 Å². The zero-order valence-electron chi connectivity index (χ0n) is 9.72. The smallest absolute Gasteiger partial charge is 0.168 e. The molecular formula is C11H16BrNO3S. The fourth-order valence-electron chi connectivity index (χ4n) is 1.43. The molecule has 4 nitrogen and oxygen atoms in total. The number of hydrogen-bond donors (Lipinski definition) is 2. The first-order valence-electron chi connectivity index (χ1n) is 5.17. The van der Waals surface area contributed by atoms with Gasteiger partial charge in [-0.3, -0.25) is 0 Å². The topological polar surface area (TPSA) is 80.4 Å². The number of aliphatic hydroxyl groups is 1. The number of nitrogen functional groups attached to an aromatic ring is 1. The third-order valence-corrected chi connectivity index (χ3v) is 6.84. The predicted molar refractivity (Wildman–Crippen MR) is 72.6 cm³/mol. The van der Waals surface area contributed by atoms with Crippen molar-refractivity contribution >= 4 is 31.5 Å². The van der Waals surface area contributed by atoms with Crippen LogP contribution >= 0.6 is 15.9 Å². The van der Waals surface area contributed by atoms with Crippen molar-refractivity contribution in [2.75, 3.05) is 11.5 Å². The number of anilines is 1. The van der Waals surface area contributed by atoms with Crippen LogP contribution in [0.1, 0.15) is 25.5 Å². The number of benzene rings is 1. The van der Waals surface area contributed by atoms with E-state index in [0.717, 1.165) is 0 Å². The molecule has 0 aliphatic rings. The van der Waals surface area contributed by atoms with Crippen molar-refractivity contribution in [2.24, 2.45) is 0 Å². The standard InChI is InChI=1S/C11H16BrNO3S/c1-3-17(15,16)11(2,12)10(14)8-4-6-9(13)7-5-8/h4-7,10,14H,3,13H2,1-2H3/t10-,11-/m1/s1. The van der Waals surface area contributed by atoms with Gasteiger partial charge in [-0.15, -0.1) is 0 Å². The Labute approximate surface area is 110 Å². The van der Waals surface area contributed by atoms with Crippen LogP contribution in [-0.2, 0) is 9.84 Å². The van der Waals surface area contributed by atoms with Crippen molar-refractivity contribution in [1.29, 1.82) is 0 Å². The van der Waals surface area contributed by atoms with E-state index in [0.29, 0.717) is 11.3 Å². The Kier molecular flexibility index (Phi) is 4.22. The van der Waals surface area contributed by atoms with E-state index in [-0.39, 0.29) is 5.75 Å². The lowest BCUT2D eigenvalue weighted by molar-refractivity contribution is 0.167. The SMILES string of the molecule is CCS(=O)(=O)[C@@](C)(Br)[C@H](O)c1ccc(N)cc1. The summed E-state index contributed by atoms with van der Waals surface area (Å²) in [5, 5.41) is 10.1. The Morgan fingerprint density at radius 1 is 1.41 bits per heavy atom. The minimum atomic E-state index is -3.42. The molecule has 3 N–H and O–H groups in total. The molecule has 0 heterocycles. The average Bonchev–Trinajstić information content (AvgIpc) is 2.28. The van der Waals surface area contributed by atoms with E-state index in [9.17, 15) is 13.5 Å². The summed E-state index contributed by atoms with van der Waals surface area (Å²) in [5.74, 6) is -0.0409. The van der Waals surface area contributed by atoms with E-state index in [2.05, 4.69) is 15.9 Å². The fraction of sp³-hybridized carbons (Fsp3) is 0.455. The molecule has 2 atom stereocenters. The van der Waals surface area contributed by atoms with Crippen LogP contribution in [0.5, 0.6) is 0 Å². The average molecular weight is 322 g/mol. The lowest BCUT2D eigenvalue weighted by atomic mass is 10.1. The molecule has 0 unspecified atom stereocenters. The maximum absolute atomic E-state index is 11.9. The highest BCUT2D eigenvalue weighted by Crippen LogP contribution is 2.38. The minimum Gasteiger partial charge on any atom is -0.399 e. The van der Waals surface area contributed by atoms with Gasteiger partial charge in [0.2, 0.25) is 0 Å². The number of halogens is 1. The molecule has 1 aromatic carbocycles. The molecule has 0 spiro atoms. The van der Waals surface area contributed by atoms with E-state index < -0.39 is 19.6 Å².